The first-order chi connectivity index (χ1) is 16.0. The van der Waals surface area contributed by atoms with Crippen LogP contribution in [0.3, 0.4) is 0 Å². The molecule has 33 heavy (non-hydrogen) atoms. The number of hydrogen-bond acceptors (Lipinski definition) is 5. The van der Waals surface area contributed by atoms with E-state index in [0.717, 1.165) is 5.56 Å². The van der Waals surface area contributed by atoms with E-state index < -0.39 is 0 Å². The van der Waals surface area contributed by atoms with E-state index in [4.69, 9.17) is 14.2 Å². The number of fused-ring (bicyclic) bond motifs is 1. The number of hydrogen-bond donors (Lipinski definition) is 1. The van der Waals surface area contributed by atoms with E-state index in [0.29, 0.717) is 56.4 Å². The summed E-state index contributed by atoms with van der Waals surface area (Å²) in [6, 6.07) is 14.9. The van der Waals surface area contributed by atoms with Gasteiger partial charge in [0.25, 0.3) is 5.91 Å². The molecule has 2 aliphatic rings. The Morgan fingerprint density at radius 2 is 1.91 bits per heavy atom. The first kappa shape index (κ1) is 22.9. The smallest absolute Gasteiger partial charge is 0.317 e. The fraction of sp³-hybridized carbons (Fsp3) is 0.440. The van der Waals surface area contributed by atoms with Crippen molar-refractivity contribution in [1.29, 1.82) is 0 Å². The first-order valence-electron chi connectivity index (χ1n) is 11.4. The lowest BCUT2D eigenvalue weighted by Gasteiger charge is -2.36. The van der Waals surface area contributed by atoms with E-state index in [9.17, 15) is 9.59 Å². The topological polar surface area (TPSA) is 80.3 Å². The number of carbonyl (C=O) groups is 2. The Kier molecular flexibility index (Phi) is 7.34. The predicted octanol–water partition coefficient (Wildman–Crippen LogP) is 3.12. The summed E-state index contributed by atoms with van der Waals surface area (Å²) in [4.78, 5) is 29.6. The van der Waals surface area contributed by atoms with Gasteiger partial charge in [-0.15, -0.1) is 0 Å². The summed E-state index contributed by atoms with van der Waals surface area (Å²) >= 11 is 0. The zero-order chi connectivity index (χ0) is 23.2. The third-order valence-corrected chi connectivity index (χ3v) is 5.63. The molecule has 176 valence electrons. The van der Waals surface area contributed by atoms with Gasteiger partial charge in [0, 0.05) is 31.7 Å². The number of urea groups is 1. The van der Waals surface area contributed by atoms with E-state index in [1.807, 2.05) is 30.3 Å². The highest BCUT2D eigenvalue weighted by molar-refractivity contribution is 5.95. The van der Waals surface area contributed by atoms with E-state index in [1.165, 1.54) is 0 Å². The highest BCUT2D eigenvalue weighted by Gasteiger charge is 2.29. The Labute approximate surface area is 194 Å². The van der Waals surface area contributed by atoms with Crippen LogP contribution < -0.4 is 14.8 Å². The van der Waals surface area contributed by atoms with Crippen molar-refractivity contribution in [2.45, 2.75) is 26.5 Å². The van der Waals surface area contributed by atoms with Gasteiger partial charge in [-0.1, -0.05) is 44.2 Å². The maximum atomic E-state index is 13.3. The SMILES string of the molecule is CC(C)CN(CC1CN(C(=O)NCc2ccccc2)CCO1)C(=O)c1ccc2c(c1)OCO2. The predicted molar refractivity (Wildman–Crippen MR) is 123 cm³/mol. The van der Waals surface area contributed by atoms with Gasteiger partial charge in [-0.05, 0) is 29.7 Å². The van der Waals surface area contributed by atoms with Gasteiger partial charge in [0.05, 0.1) is 19.3 Å². The van der Waals surface area contributed by atoms with Gasteiger partial charge in [0.2, 0.25) is 6.79 Å². The largest absolute Gasteiger partial charge is 0.454 e. The number of nitrogens with zero attached hydrogens (tertiary/aromatic N) is 2. The van der Waals surface area contributed by atoms with Crippen LogP contribution in [0.5, 0.6) is 11.5 Å². The molecule has 2 aliphatic heterocycles. The highest BCUT2D eigenvalue weighted by atomic mass is 16.7. The van der Waals surface area contributed by atoms with Crippen molar-refractivity contribution in [3.8, 4) is 11.5 Å². The molecule has 0 bridgehead atoms. The molecule has 0 aliphatic carbocycles. The van der Waals surface area contributed by atoms with Crippen LogP contribution in [0.1, 0.15) is 29.8 Å². The lowest BCUT2D eigenvalue weighted by molar-refractivity contribution is -0.0287. The number of nitrogens with one attached hydrogen (secondary N) is 1. The number of rotatable bonds is 7. The number of ether oxygens (including phenoxy) is 3. The third kappa shape index (κ3) is 5.96. The van der Waals surface area contributed by atoms with Gasteiger partial charge in [0.1, 0.15) is 0 Å². The quantitative estimate of drug-likeness (QED) is 0.697. The van der Waals surface area contributed by atoms with Crippen LogP contribution in [0.4, 0.5) is 4.79 Å². The molecule has 2 aromatic carbocycles. The summed E-state index contributed by atoms with van der Waals surface area (Å²) in [7, 11) is 0. The fourth-order valence-corrected chi connectivity index (χ4v) is 4.04. The van der Waals surface area contributed by atoms with Crippen LogP contribution >= 0.6 is 0 Å². The van der Waals surface area contributed by atoms with Crippen molar-refractivity contribution in [2.75, 3.05) is 39.6 Å². The van der Waals surface area contributed by atoms with Gasteiger partial charge in [-0.2, -0.15) is 0 Å². The second-order valence-corrected chi connectivity index (χ2v) is 8.76. The molecule has 8 nitrogen and oxygen atoms in total. The van der Waals surface area contributed by atoms with Crippen LogP contribution in [-0.4, -0.2) is 67.4 Å². The molecular formula is C25H31N3O5. The van der Waals surface area contributed by atoms with Crippen molar-refractivity contribution >= 4 is 11.9 Å². The lowest BCUT2D eigenvalue weighted by atomic mass is 10.1. The van der Waals surface area contributed by atoms with Gasteiger partial charge in [-0.3, -0.25) is 4.79 Å². The third-order valence-electron chi connectivity index (χ3n) is 5.63. The average molecular weight is 454 g/mol. The molecule has 1 atom stereocenters. The Morgan fingerprint density at radius 1 is 1.12 bits per heavy atom. The van der Waals surface area contributed by atoms with Crippen molar-refractivity contribution < 1.29 is 23.8 Å². The second kappa shape index (κ2) is 10.6. The van der Waals surface area contributed by atoms with Crippen LogP contribution in [0.25, 0.3) is 0 Å². The summed E-state index contributed by atoms with van der Waals surface area (Å²) in [5.74, 6) is 1.43. The summed E-state index contributed by atoms with van der Waals surface area (Å²) in [6.45, 7) is 7.19. The number of benzene rings is 2. The molecule has 4 rings (SSSR count). The standard InChI is InChI=1S/C25H31N3O5/c1-18(2)14-28(24(29)20-8-9-22-23(12-20)33-17-32-22)16-21-15-27(10-11-31-21)25(30)26-13-19-6-4-3-5-7-19/h3-9,12,18,21H,10-11,13-17H2,1-2H3,(H,26,30). The maximum absolute atomic E-state index is 13.3. The van der Waals surface area contributed by atoms with Gasteiger partial charge in [0.15, 0.2) is 11.5 Å². The molecule has 2 heterocycles. The molecule has 8 heteroatoms. The summed E-state index contributed by atoms with van der Waals surface area (Å²) in [5, 5.41) is 2.97. The van der Waals surface area contributed by atoms with Crippen molar-refractivity contribution in [2.24, 2.45) is 5.92 Å². The van der Waals surface area contributed by atoms with Gasteiger partial charge in [-0.25, -0.2) is 4.79 Å². The Bertz CT molecular complexity index is 966. The Hall–Kier alpha value is -3.26. The molecule has 1 N–H and O–H groups in total. The minimum absolute atomic E-state index is 0.0868. The van der Waals surface area contributed by atoms with Crippen molar-refractivity contribution in [1.82, 2.24) is 15.1 Å². The lowest BCUT2D eigenvalue weighted by Crippen LogP contribution is -2.53. The van der Waals surface area contributed by atoms with E-state index >= 15 is 0 Å². The second-order valence-electron chi connectivity index (χ2n) is 8.76. The number of carbonyl (C=O) groups excluding carboxylic acids is 2. The molecule has 2 aromatic rings. The molecule has 0 aromatic heterocycles. The number of amides is 3. The van der Waals surface area contributed by atoms with Crippen LogP contribution in [0.15, 0.2) is 48.5 Å². The Balaban J connectivity index is 1.37. The average Bonchev–Trinajstić information content (AvgIpc) is 3.30. The molecular weight excluding hydrogens is 422 g/mol. The monoisotopic (exact) mass is 453 g/mol. The molecule has 0 spiro atoms. The van der Waals surface area contributed by atoms with E-state index in [-0.39, 0.29) is 30.8 Å². The summed E-state index contributed by atoms with van der Waals surface area (Å²) in [5.41, 5.74) is 1.60. The Morgan fingerprint density at radius 3 is 2.70 bits per heavy atom. The zero-order valence-electron chi connectivity index (χ0n) is 19.2. The summed E-state index contributed by atoms with van der Waals surface area (Å²) in [6.07, 6.45) is -0.252. The van der Waals surface area contributed by atoms with Crippen molar-refractivity contribution in [3.63, 3.8) is 0 Å². The fourth-order valence-electron chi connectivity index (χ4n) is 4.04. The molecule has 0 saturated carbocycles. The normalized spacial score (nSPS) is 17.2. The van der Waals surface area contributed by atoms with Gasteiger partial charge >= 0.3 is 6.03 Å². The molecule has 1 saturated heterocycles. The van der Waals surface area contributed by atoms with Crippen LogP contribution in [-0.2, 0) is 11.3 Å². The van der Waals surface area contributed by atoms with E-state index in [1.54, 1.807) is 28.0 Å². The zero-order valence-corrected chi connectivity index (χ0v) is 19.2. The molecule has 1 fully saturated rings. The molecule has 0 radical (unpaired) electrons. The maximum Gasteiger partial charge on any atom is 0.317 e. The minimum Gasteiger partial charge on any atom is -0.454 e. The molecule has 1 unspecified atom stereocenters. The van der Waals surface area contributed by atoms with Crippen molar-refractivity contribution in [3.05, 3.63) is 59.7 Å². The highest BCUT2D eigenvalue weighted by Crippen LogP contribution is 2.33. The van der Waals surface area contributed by atoms with Crippen LogP contribution in [0.2, 0.25) is 0 Å². The minimum atomic E-state index is -0.252. The van der Waals surface area contributed by atoms with Gasteiger partial charge < -0.3 is 29.3 Å². The summed E-state index contributed by atoms with van der Waals surface area (Å²) < 4.78 is 16.7. The molecule has 3 amide bonds. The van der Waals surface area contributed by atoms with E-state index in [2.05, 4.69) is 19.2 Å². The van der Waals surface area contributed by atoms with Crippen LogP contribution in [0, 0.1) is 5.92 Å². The first-order valence-corrected chi connectivity index (χ1v) is 11.4. The number of morpholine rings is 1.